The Balaban J connectivity index is 2.58. The number of hydrogen-bond acceptors (Lipinski definition) is 5. The largest absolute Gasteiger partial charge is 0.461 e. The molecule has 0 bridgehead atoms. The van der Waals surface area contributed by atoms with Crippen molar-refractivity contribution in [1.29, 1.82) is 0 Å². The Labute approximate surface area is 98.4 Å². The van der Waals surface area contributed by atoms with Crippen LogP contribution in [-0.4, -0.2) is 9.91 Å². The van der Waals surface area contributed by atoms with Gasteiger partial charge in [0.15, 0.2) is 5.76 Å². The van der Waals surface area contributed by atoms with Gasteiger partial charge in [0.05, 0.1) is 21.7 Å². The van der Waals surface area contributed by atoms with Gasteiger partial charge < -0.3 is 10.2 Å². The molecule has 0 saturated heterocycles. The van der Waals surface area contributed by atoms with Crippen LogP contribution in [0.1, 0.15) is 0 Å². The lowest BCUT2D eigenvalue weighted by Gasteiger charge is -1.99. The monoisotopic (exact) mass is 283 g/mol. The predicted molar refractivity (Wildman–Crippen MR) is 60.7 cm³/mol. The second-order valence-electron chi connectivity index (χ2n) is 2.99. The molecule has 0 aliphatic rings. The minimum Gasteiger partial charge on any atom is -0.461 e. The van der Waals surface area contributed by atoms with Gasteiger partial charge >= 0.3 is 0 Å². The molecule has 82 valence electrons. The quantitative estimate of drug-likeness (QED) is 0.675. The fourth-order valence-corrected chi connectivity index (χ4v) is 1.64. The van der Waals surface area contributed by atoms with Crippen LogP contribution >= 0.6 is 15.9 Å². The normalized spacial score (nSPS) is 10.3. The second-order valence-corrected chi connectivity index (χ2v) is 3.84. The first-order chi connectivity index (χ1) is 7.58. The molecule has 2 rings (SSSR count). The molecule has 0 spiro atoms. The molecule has 2 heterocycles. The molecule has 2 N–H and O–H groups in total. The van der Waals surface area contributed by atoms with Crippen LogP contribution in [0.25, 0.3) is 11.5 Å². The molecular weight excluding hydrogens is 278 g/mol. The molecule has 0 atom stereocenters. The molecule has 0 saturated carbocycles. The van der Waals surface area contributed by atoms with E-state index in [1.807, 2.05) is 0 Å². The van der Waals surface area contributed by atoms with Gasteiger partial charge in [-0.1, -0.05) is 0 Å². The van der Waals surface area contributed by atoms with E-state index in [1.165, 1.54) is 18.4 Å². The number of nitrogen functional groups attached to an aromatic ring is 1. The standard InChI is InChI=1S/C9H6BrN3O3/c10-6-1-2-16-9(6)7-3-5(13(14)15)4-8(11)12-7/h1-4H,(H2,11,12). The Kier molecular flexibility index (Phi) is 2.61. The molecule has 6 nitrogen and oxygen atoms in total. The molecule has 0 aromatic carbocycles. The molecule has 7 heteroatoms. The molecule has 16 heavy (non-hydrogen) atoms. The maximum Gasteiger partial charge on any atom is 0.275 e. The van der Waals surface area contributed by atoms with Crippen molar-refractivity contribution in [3.63, 3.8) is 0 Å². The molecule has 2 aromatic heterocycles. The Morgan fingerprint density at radius 1 is 1.50 bits per heavy atom. The number of furan rings is 1. The van der Waals surface area contributed by atoms with Crippen LogP contribution in [0.4, 0.5) is 11.5 Å². The summed E-state index contributed by atoms with van der Waals surface area (Å²) in [5.74, 6) is 0.489. The zero-order valence-electron chi connectivity index (χ0n) is 7.88. The average Bonchev–Trinajstić information content (AvgIpc) is 2.63. The van der Waals surface area contributed by atoms with Crippen LogP contribution in [0.15, 0.2) is 33.4 Å². The highest BCUT2D eigenvalue weighted by atomic mass is 79.9. The van der Waals surface area contributed by atoms with Gasteiger partial charge in [-0.2, -0.15) is 0 Å². The van der Waals surface area contributed by atoms with Crippen molar-refractivity contribution in [1.82, 2.24) is 4.98 Å². The third-order valence-electron chi connectivity index (χ3n) is 1.89. The van der Waals surface area contributed by atoms with Crippen molar-refractivity contribution >= 4 is 27.4 Å². The maximum atomic E-state index is 10.6. The first kappa shape index (κ1) is 10.6. The molecule has 0 unspecified atom stereocenters. The number of aromatic nitrogens is 1. The lowest BCUT2D eigenvalue weighted by molar-refractivity contribution is -0.384. The highest BCUT2D eigenvalue weighted by Gasteiger charge is 2.15. The number of rotatable bonds is 2. The highest BCUT2D eigenvalue weighted by Crippen LogP contribution is 2.30. The van der Waals surface area contributed by atoms with Crippen molar-refractivity contribution in [2.75, 3.05) is 5.73 Å². The van der Waals surface area contributed by atoms with E-state index in [4.69, 9.17) is 10.2 Å². The van der Waals surface area contributed by atoms with Crippen LogP contribution in [0.5, 0.6) is 0 Å². The van der Waals surface area contributed by atoms with Crippen LogP contribution in [0, 0.1) is 10.1 Å². The van der Waals surface area contributed by atoms with E-state index in [0.29, 0.717) is 15.9 Å². The SMILES string of the molecule is Nc1cc([N+](=O)[O-])cc(-c2occc2Br)n1. The summed E-state index contributed by atoms with van der Waals surface area (Å²) in [5, 5.41) is 10.6. The summed E-state index contributed by atoms with van der Waals surface area (Å²) in [7, 11) is 0. The number of hydrogen-bond donors (Lipinski definition) is 1. The number of nitrogens with zero attached hydrogens (tertiary/aromatic N) is 2. The Morgan fingerprint density at radius 2 is 2.25 bits per heavy atom. The summed E-state index contributed by atoms with van der Waals surface area (Å²) in [5.41, 5.74) is 5.68. The van der Waals surface area contributed by atoms with Crippen LogP contribution in [-0.2, 0) is 0 Å². The molecule has 2 aromatic rings. The van der Waals surface area contributed by atoms with E-state index in [0.717, 1.165) is 0 Å². The minimum atomic E-state index is -0.529. The molecule has 0 aliphatic heterocycles. The van der Waals surface area contributed by atoms with E-state index in [2.05, 4.69) is 20.9 Å². The minimum absolute atomic E-state index is 0.0764. The van der Waals surface area contributed by atoms with Crippen LogP contribution in [0.3, 0.4) is 0 Å². The smallest absolute Gasteiger partial charge is 0.275 e. The number of halogens is 1. The van der Waals surface area contributed by atoms with Crippen molar-refractivity contribution in [3.05, 3.63) is 39.0 Å². The summed E-state index contributed by atoms with van der Waals surface area (Å²) >= 11 is 3.24. The zero-order chi connectivity index (χ0) is 11.7. The van der Waals surface area contributed by atoms with E-state index < -0.39 is 4.92 Å². The highest BCUT2D eigenvalue weighted by molar-refractivity contribution is 9.10. The Bertz CT molecular complexity index is 553. The lowest BCUT2D eigenvalue weighted by atomic mass is 10.2. The van der Waals surface area contributed by atoms with Gasteiger partial charge in [-0.3, -0.25) is 10.1 Å². The maximum absolute atomic E-state index is 10.6. The zero-order valence-corrected chi connectivity index (χ0v) is 9.47. The van der Waals surface area contributed by atoms with Crippen molar-refractivity contribution in [2.24, 2.45) is 0 Å². The van der Waals surface area contributed by atoms with Gasteiger partial charge in [0, 0.05) is 6.07 Å². The number of pyridine rings is 1. The van der Waals surface area contributed by atoms with Gasteiger partial charge in [0.25, 0.3) is 5.69 Å². The topological polar surface area (TPSA) is 95.2 Å². The van der Waals surface area contributed by atoms with Crippen molar-refractivity contribution < 1.29 is 9.34 Å². The summed E-state index contributed by atoms with van der Waals surface area (Å²) in [6, 6.07) is 4.17. The second kappa shape index (κ2) is 3.93. The average molecular weight is 284 g/mol. The fraction of sp³-hybridized carbons (Fsp3) is 0. The van der Waals surface area contributed by atoms with Gasteiger partial charge in [-0.05, 0) is 22.0 Å². The lowest BCUT2D eigenvalue weighted by Crippen LogP contribution is -1.96. The molecule has 0 radical (unpaired) electrons. The summed E-state index contributed by atoms with van der Waals surface area (Å²) in [6.45, 7) is 0. The van der Waals surface area contributed by atoms with Crippen LogP contribution in [0.2, 0.25) is 0 Å². The molecule has 0 amide bonds. The van der Waals surface area contributed by atoms with Gasteiger partial charge in [-0.25, -0.2) is 4.98 Å². The third kappa shape index (κ3) is 1.89. The number of nitrogens with two attached hydrogens (primary N) is 1. The van der Waals surface area contributed by atoms with E-state index in [-0.39, 0.29) is 11.5 Å². The summed E-state index contributed by atoms with van der Waals surface area (Å²) in [6.07, 6.45) is 1.45. The molecule has 0 aliphatic carbocycles. The number of nitro groups is 1. The number of anilines is 1. The van der Waals surface area contributed by atoms with Gasteiger partial charge in [-0.15, -0.1) is 0 Å². The van der Waals surface area contributed by atoms with E-state index in [9.17, 15) is 10.1 Å². The molecular formula is C9H6BrN3O3. The van der Waals surface area contributed by atoms with Crippen molar-refractivity contribution in [3.8, 4) is 11.5 Å². The molecule has 0 fully saturated rings. The fourth-order valence-electron chi connectivity index (χ4n) is 1.24. The third-order valence-corrected chi connectivity index (χ3v) is 2.52. The van der Waals surface area contributed by atoms with Crippen LogP contribution < -0.4 is 5.73 Å². The van der Waals surface area contributed by atoms with Crippen molar-refractivity contribution in [2.45, 2.75) is 0 Å². The summed E-state index contributed by atoms with van der Waals surface area (Å²) in [4.78, 5) is 14.1. The van der Waals surface area contributed by atoms with Gasteiger partial charge in [0.2, 0.25) is 0 Å². The Hall–Kier alpha value is -1.89. The van der Waals surface area contributed by atoms with E-state index in [1.54, 1.807) is 6.07 Å². The Morgan fingerprint density at radius 3 is 2.81 bits per heavy atom. The van der Waals surface area contributed by atoms with Gasteiger partial charge in [0.1, 0.15) is 11.5 Å². The predicted octanol–water partition coefficient (Wildman–Crippen LogP) is 2.59. The van der Waals surface area contributed by atoms with E-state index >= 15 is 0 Å². The first-order valence-corrected chi connectivity index (χ1v) is 5.02. The summed E-state index contributed by atoms with van der Waals surface area (Å²) < 4.78 is 5.82. The first-order valence-electron chi connectivity index (χ1n) is 4.23.